The maximum Gasteiger partial charge on any atom is 0.307 e. The van der Waals surface area contributed by atoms with Crippen LogP contribution in [0.2, 0.25) is 0 Å². The van der Waals surface area contributed by atoms with Gasteiger partial charge < -0.3 is 9.84 Å². The monoisotopic (exact) mass is 232 g/mol. The minimum absolute atomic E-state index is 0.0210. The van der Waals surface area contributed by atoms with Crippen LogP contribution in [0.1, 0.15) is 5.56 Å². The molecular weight excluding hydrogens is 220 g/mol. The summed E-state index contributed by atoms with van der Waals surface area (Å²) in [5.41, 5.74) is 0.746. The van der Waals surface area contributed by atoms with Gasteiger partial charge in [-0.3, -0.25) is 9.48 Å². The van der Waals surface area contributed by atoms with Gasteiger partial charge in [0.25, 0.3) is 0 Å². The third-order valence-corrected chi connectivity index (χ3v) is 2.20. The third-order valence-electron chi connectivity index (χ3n) is 2.20. The van der Waals surface area contributed by atoms with Crippen LogP contribution in [-0.2, 0) is 18.3 Å². The summed E-state index contributed by atoms with van der Waals surface area (Å²) in [6.07, 6.45) is 3.39. The molecule has 5 nitrogen and oxygen atoms in total. The number of hydrogen-bond donors (Lipinski definition) is 1. The SMILES string of the molecule is Cn1cc(Oc2ccc(CC(=O)O)cc2)cn1. The predicted octanol–water partition coefficient (Wildman–Crippen LogP) is 1.84. The lowest BCUT2D eigenvalue weighted by Crippen LogP contribution is -1.99. The molecule has 88 valence electrons. The van der Waals surface area contributed by atoms with Crippen molar-refractivity contribution in [2.45, 2.75) is 6.42 Å². The number of aliphatic carboxylic acids is 1. The first-order chi connectivity index (χ1) is 8.13. The van der Waals surface area contributed by atoms with Gasteiger partial charge in [-0.05, 0) is 17.7 Å². The van der Waals surface area contributed by atoms with Gasteiger partial charge in [0.1, 0.15) is 5.75 Å². The number of rotatable bonds is 4. The number of aromatic nitrogens is 2. The van der Waals surface area contributed by atoms with E-state index in [9.17, 15) is 4.79 Å². The van der Waals surface area contributed by atoms with Gasteiger partial charge in [0.15, 0.2) is 5.75 Å². The molecule has 1 N–H and O–H groups in total. The van der Waals surface area contributed by atoms with E-state index in [1.54, 1.807) is 41.3 Å². The van der Waals surface area contributed by atoms with Crippen molar-refractivity contribution in [2.24, 2.45) is 7.05 Å². The molecule has 0 unspecified atom stereocenters. The summed E-state index contributed by atoms with van der Waals surface area (Å²) in [6, 6.07) is 6.95. The topological polar surface area (TPSA) is 64.3 Å². The average molecular weight is 232 g/mol. The quantitative estimate of drug-likeness (QED) is 0.873. The number of nitrogens with zero attached hydrogens (tertiary/aromatic N) is 2. The molecule has 2 rings (SSSR count). The molecule has 5 heteroatoms. The fourth-order valence-corrected chi connectivity index (χ4v) is 1.44. The van der Waals surface area contributed by atoms with Gasteiger partial charge >= 0.3 is 5.97 Å². The molecule has 2 aromatic rings. The van der Waals surface area contributed by atoms with Crippen LogP contribution in [0.5, 0.6) is 11.5 Å². The molecule has 0 fully saturated rings. The molecule has 0 aliphatic heterocycles. The van der Waals surface area contributed by atoms with Crippen molar-refractivity contribution in [1.82, 2.24) is 9.78 Å². The lowest BCUT2D eigenvalue weighted by Gasteiger charge is -2.03. The molecule has 0 aliphatic carbocycles. The number of ether oxygens (including phenoxy) is 1. The Labute approximate surface area is 98.3 Å². The van der Waals surface area contributed by atoms with Gasteiger partial charge in [-0.1, -0.05) is 12.1 Å². The highest BCUT2D eigenvalue weighted by Gasteiger charge is 2.02. The first-order valence-corrected chi connectivity index (χ1v) is 5.11. The van der Waals surface area contributed by atoms with E-state index in [1.165, 1.54) is 0 Å². The lowest BCUT2D eigenvalue weighted by atomic mass is 10.1. The highest BCUT2D eigenvalue weighted by atomic mass is 16.5. The maximum absolute atomic E-state index is 10.5. The summed E-state index contributed by atoms with van der Waals surface area (Å²) in [5, 5.41) is 12.6. The Morgan fingerprint density at radius 1 is 1.35 bits per heavy atom. The zero-order chi connectivity index (χ0) is 12.3. The molecule has 0 spiro atoms. The summed E-state index contributed by atoms with van der Waals surface area (Å²) in [7, 11) is 1.81. The number of hydrogen-bond acceptors (Lipinski definition) is 3. The number of carboxylic acids is 1. The average Bonchev–Trinajstić information content (AvgIpc) is 2.66. The second-order valence-corrected chi connectivity index (χ2v) is 3.67. The Hall–Kier alpha value is -2.30. The van der Waals surface area contributed by atoms with E-state index in [2.05, 4.69) is 5.10 Å². The third kappa shape index (κ3) is 3.07. The Bertz CT molecular complexity index is 517. The van der Waals surface area contributed by atoms with Crippen LogP contribution in [-0.4, -0.2) is 20.9 Å². The summed E-state index contributed by atoms with van der Waals surface area (Å²) in [6.45, 7) is 0. The molecule has 0 atom stereocenters. The number of carbonyl (C=O) groups is 1. The van der Waals surface area contributed by atoms with Gasteiger partial charge in [0, 0.05) is 7.05 Å². The molecule has 1 heterocycles. The van der Waals surface area contributed by atoms with E-state index < -0.39 is 5.97 Å². The fraction of sp³-hybridized carbons (Fsp3) is 0.167. The van der Waals surface area contributed by atoms with Crippen LogP contribution in [0.4, 0.5) is 0 Å². The van der Waals surface area contributed by atoms with Crippen molar-refractivity contribution >= 4 is 5.97 Å². The van der Waals surface area contributed by atoms with E-state index in [4.69, 9.17) is 9.84 Å². The van der Waals surface area contributed by atoms with E-state index in [-0.39, 0.29) is 6.42 Å². The highest BCUT2D eigenvalue weighted by Crippen LogP contribution is 2.20. The van der Waals surface area contributed by atoms with Crippen molar-refractivity contribution in [2.75, 3.05) is 0 Å². The van der Waals surface area contributed by atoms with Crippen molar-refractivity contribution < 1.29 is 14.6 Å². The van der Waals surface area contributed by atoms with Gasteiger partial charge in [-0.25, -0.2) is 0 Å². The van der Waals surface area contributed by atoms with Gasteiger partial charge in [0.05, 0.1) is 18.8 Å². The van der Waals surface area contributed by atoms with Crippen LogP contribution in [0, 0.1) is 0 Å². The van der Waals surface area contributed by atoms with Crippen LogP contribution in [0.25, 0.3) is 0 Å². The Morgan fingerprint density at radius 3 is 2.59 bits per heavy atom. The maximum atomic E-state index is 10.5. The molecule has 0 radical (unpaired) electrons. The minimum atomic E-state index is -0.842. The molecule has 0 amide bonds. The Kier molecular flexibility index (Phi) is 3.09. The van der Waals surface area contributed by atoms with Crippen molar-refractivity contribution in [3.63, 3.8) is 0 Å². The molecular formula is C12H12N2O3. The number of carboxylic acid groups (broad SMARTS) is 1. The smallest absolute Gasteiger partial charge is 0.307 e. The summed E-state index contributed by atoms with van der Waals surface area (Å²) < 4.78 is 7.18. The van der Waals surface area contributed by atoms with E-state index in [0.717, 1.165) is 5.56 Å². The largest absolute Gasteiger partial charge is 0.481 e. The Balaban J connectivity index is 2.05. The molecule has 0 aliphatic rings. The van der Waals surface area contributed by atoms with E-state index >= 15 is 0 Å². The second kappa shape index (κ2) is 4.69. The zero-order valence-electron chi connectivity index (χ0n) is 9.33. The molecule has 0 saturated heterocycles. The normalized spacial score (nSPS) is 10.2. The van der Waals surface area contributed by atoms with Crippen LogP contribution in [0.3, 0.4) is 0 Å². The number of aryl methyl sites for hydroxylation is 1. The van der Waals surface area contributed by atoms with E-state index in [1.807, 2.05) is 7.05 Å². The summed E-state index contributed by atoms with van der Waals surface area (Å²) >= 11 is 0. The molecule has 17 heavy (non-hydrogen) atoms. The van der Waals surface area contributed by atoms with Crippen LogP contribution in [0.15, 0.2) is 36.7 Å². The van der Waals surface area contributed by atoms with Crippen LogP contribution >= 0.6 is 0 Å². The summed E-state index contributed by atoms with van der Waals surface area (Å²) in [5.74, 6) is 0.469. The van der Waals surface area contributed by atoms with E-state index in [0.29, 0.717) is 11.5 Å². The molecule has 1 aromatic carbocycles. The van der Waals surface area contributed by atoms with Gasteiger partial charge in [-0.2, -0.15) is 5.10 Å². The summed E-state index contributed by atoms with van der Waals surface area (Å²) in [4.78, 5) is 10.5. The van der Waals surface area contributed by atoms with Crippen LogP contribution < -0.4 is 4.74 Å². The van der Waals surface area contributed by atoms with Crippen molar-refractivity contribution in [3.8, 4) is 11.5 Å². The van der Waals surface area contributed by atoms with Crippen molar-refractivity contribution in [1.29, 1.82) is 0 Å². The number of benzene rings is 1. The minimum Gasteiger partial charge on any atom is -0.481 e. The highest BCUT2D eigenvalue weighted by molar-refractivity contribution is 5.70. The fourth-order valence-electron chi connectivity index (χ4n) is 1.44. The second-order valence-electron chi connectivity index (χ2n) is 3.67. The lowest BCUT2D eigenvalue weighted by molar-refractivity contribution is -0.136. The molecule has 1 aromatic heterocycles. The van der Waals surface area contributed by atoms with Crippen molar-refractivity contribution in [3.05, 3.63) is 42.2 Å². The molecule has 0 bridgehead atoms. The first kappa shape index (κ1) is 11.2. The first-order valence-electron chi connectivity index (χ1n) is 5.11. The zero-order valence-corrected chi connectivity index (χ0v) is 9.33. The van der Waals surface area contributed by atoms with Gasteiger partial charge in [0.2, 0.25) is 0 Å². The standard InChI is InChI=1S/C12H12N2O3/c1-14-8-11(7-13-14)17-10-4-2-9(3-5-10)6-12(15)16/h2-5,7-8H,6H2,1H3,(H,15,16). The molecule has 0 saturated carbocycles. The Morgan fingerprint density at radius 2 is 2.06 bits per heavy atom. The predicted molar refractivity (Wildman–Crippen MR) is 61.1 cm³/mol. The van der Waals surface area contributed by atoms with Gasteiger partial charge in [-0.15, -0.1) is 0 Å².